The van der Waals surface area contributed by atoms with Crippen LogP contribution in [0.3, 0.4) is 0 Å². The van der Waals surface area contributed by atoms with E-state index in [1.165, 1.54) is 6.42 Å². The Morgan fingerprint density at radius 2 is 2.06 bits per heavy atom. The number of nitrogens with one attached hydrogen (secondary N) is 1. The molecule has 18 heavy (non-hydrogen) atoms. The van der Waals surface area contributed by atoms with Crippen molar-refractivity contribution in [3.05, 3.63) is 0 Å². The van der Waals surface area contributed by atoms with Crippen LogP contribution in [0.2, 0.25) is 0 Å². The normalized spacial score (nSPS) is 16.8. The minimum Gasteiger partial charge on any atom is -0.394 e. The number of aliphatic hydroxyl groups is 1. The first-order valence-corrected chi connectivity index (χ1v) is 7.05. The molecule has 2 atom stereocenters. The van der Waals surface area contributed by atoms with Gasteiger partial charge in [0, 0.05) is 18.7 Å². The van der Waals surface area contributed by atoms with E-state index in [1.54, 1.807) is 7.11 Å². The second kappa shape index (κ2) is 9.73. The molecule has 0 fully saturated rings. The fourth-order valence-corrected chi connectivity index (χ4v) is 2.15. The highest BCUT2D eigenvalue weighted by molar-refractivity contribution is 4.80. The number of ether oxygens (including phenoxy) is 1. The van der Waals surface area contributed by atoms with Gasteiger partial charge in [0.1, 0.15) is 0 Å². The van der Waals surface area contributed by atoms with Gasteiger partial charge in [-0.25, -0.2) is 0 Å². The average molecular weight is 260 g/mol. The third-order valence-corrected chi connectivity index (χ3v) is 3.81. The van der Waals surface area contributed by atoms with Gasteiger partial charge in [0.15, 0.2) is 0 Å². The Bertz CT molecular complexity index is 196. The quantitative estimate of drug-likeness (QED) is 0.552. The van der Waals surface area contributed by atoms with Crippen molar-refractivity contribution >= 4 is 0 Å². The molecule has 0 spiro atoms. The second-order valence-corrected chi connectivity index (χ2v) is 5.36. The second-order valence-electron chi connectivity index (χ2n) is 5.36. The van der Waals surface area contributed by atoms with Crippen LogP contribution in [0.5, 0.6) is 0 Å². The summed E-state index contributed by atoms with van der Waals surface area (Å²) in [6, 6.07) is 0.480. The fraction of sp³-hybridized carbons (Fsp3) is 1.00. The number of hydrogen-bond acceptors (Lipinski definition) is 4. The lowest BCUT2D eigenvalue weighted by Gasteiger charge is -2.29. The molecule has 0 aliphatic carbocycles. The van der Waals surface area contributed by atoms with Gasteiger partial charge in [-0.1, -0.05) is 13.3 Å². The highest BCUT2D eigenvalue weighted by Gasteiger charge is 2.20. The summed E-state index contributed by atoms with van der Waals surface area (Å²) in [6.45, 7) is 9.62. The summed E-state index contributed by atoms with van der Waals surface area (Å²) in [5.41, 5.74) is -0.130. The molecule has 0 aliphatic rings. The minimum atomic E-state index is -0.130. The maximum atomic E-state index is 9.31. The van der Waals surface area contributed by atoms with E-state index in [4.69, 9.17) is 4.74 Å². The summed E-state index contributed by atoms with van der Waals surface area (Å²) in [7, 11) is 3.67. The lowest BCUT2D eigenvalue weighted by molar-refractivity contribution is 0.1000. The maximum absolute atomic E-state index is 9.31. The molecule has 0 aromatic carbocycles. The van der Waals surface area contributed by atoms with Crippen LogP contribution in [-0.4, -0.2) is 62.0 Å². The molecule has 0 saturated heterocycles. The van der Waals surface area contributed by atoms with E-state index in [-0.39, 0.29) is 12.1 Å². The molecule has 0 saturated carbocycles. The van der Waals surface area contributed by atoms with Crippen LogP contribution in [0.1, 0.15) is 40.0 Å². The number of aliphatic hydroxyl groups excluding tert-OH is 1. The van der Waals surface area contributed by atoms with E-state index in [1.807, 2.05) is 7.05 Å². The molecule has 2 N–H and O–H groups in total. The van der Waals surface area contributed by atoms with Gasteiger partial charge in [0.05, 0.1) is 13.2 Å². The largest absolute Gasteiger partial charge is 0.394 e. The van der Waals surface area contributed by atoms with E-state index >= 15 is 0 Å². The Labute approximate surface area is 113 Å². The van der Waals surface area contributed by atoms with Gasteiger partial charge in [-0.15, -0.1) is 0 Å². The standard InChI is InChI=1S/C14H32N2O2/c1-6-16(13(2)11-18-5)10-8-7-9-14(3,12-17)15-4/h13,15,17H,6-12H2,1-5H3. The van der Waals surface area contributed by atoms with Crippen LogP contribution in [0.4, 0.5) is 0 Å². The summed E-state index contributed by atoms with van der Waals surface area (Å²) in [4.78, 5) is 2.44. The lowest BCUT2D eigenvalue weighted by atomic mass is 9.96. The van der Waals surface area contributed by atoms with E-state index in [0.717, 1.165) is 32.5 Å². The molecule has 4 heteroatoms. The molecule has 0 radical (unpaired) electrons. The number of likely N-dealkylation sites (N-methyl/N-ethyl adjacent to an activating group) is 2. The predicted molar refractivity (Wildman–Crippen MR) is 77.0 cm³/mol. The summed E-state index contributed by atoms with van der Waals surface area (Å²) >= 11 is 0. The zero-order valence-electron chi connectivity index (χ0n) is 12.8. The first kappa shape index (κ1) is 17.8. The number of methoxy groups -OCH3 is 1. The van der Waals surface area contributed by atoms with Crippen molar-refractivity contribution in [2.24, 2.45) is 0 Å². The Hall–Kier alpha value is -0.160. The lowest BCUT2D eigenvalue weighted by Crippen LogP contribution is -2.43. The van der Waals surface area contributed by atoms with E-state index in [0.29, 0.717) is 6.04 Å². The van der Waals surface area contributed by atoms with E-state index < -0.39 is 0 Å². The molecule has 0 aliphatic heterocycles. The zero-order chi connectivity index (χ0) is 14.0. The van der Waals surface area contributed by atoms with Crippen LogP contribution in [0.15, 0.2) is 0 Å². The van der Waals surface area contributed by atoms with E-state index in [2.05, 4.69) is 31.0 Å². The predicted octanol–water partition coefficient (Wildman–Crippen LogP) is 1.48. The van der Waals surface area contributed by atoms with Crippen LogP contribution < -0.4 is 5.32 Å². The molecule has 0 aromatic rings. The SMILES string of the molecule is CCN(CCCCC(C)(CO)NC)C(C)COC. The molecule has 110 valence electrons. The average Bonchev–Trinajstić information content (AvgIpc) is 2.38. The third-order valence-electron chi connectivity index (χ3n) is 3.81. The summed E-state index contributed by atoms with van der Waals surface area (Å²) in [5.74, 6) is 0. The van der Waals surface area contributed by atoms with Crippen LogP contribution >= 0.6 is 0 Å². The topological polar surface area (TPSA) is 44.7 Å². The molecular formula is C14H32N2O2. The molecule has 4 nitrogen and oxygen atoms in total. The van der Waals surface area contributed by atoms with E-state index in [9.17, 15) is 5.11 Å². The summed E-state index contributed by atoms with van der Waals surface area (Å²) in [5, 5.41) is 12.5. The Balaban J connectivity index is 3.87. The molecule has 0 heterocycles. The van der Waals surface area contributed by atoms with Gasteiger partial charge in [0.25, 0.3) is 0 Å². The fourth-order valence-electron chi connectivity index (χ4n) is 2.15. The van der Waals surface area contributed by atoms with Gasteiger partial charge in [0.2, 0.25) is 0 Å². The Morgan fingerprint density at radius 1 is 1.39 bits per heavy atom. The third kappa shape index (κ3) is 6.69. The first-order valence-electron chi connectivity index (χ1n) is 7.05. The minimum absolute atomic E-state index is 0.130. The monoisotopic (exact) mass is 260 g/mol. The molecular weight excluding hydrogens is 228 g/mol. The number of hydrogen-bond donors (Lipinski definition) is 2. The number of unbranched alkanes of at least 4 members (excludes halogenated alkanes) is 1. The molecule has 0 amide bonds. The number of rotatable bonds is 11. The van der Waals surface area contributed by atoms with Gasteiger partial charge >= 0.3 is 0 Å². The molecule has 2 unspecified atom stereocenters. The van der Waals surface area contributed by atoms with Crippen molar-refractivity contribution in [3.8, 4) is 0 Å². The Kier molecular flexibility index (Phi) is 9.64. The van der Waals surface area contributed by atoms with Crippen LogP contribution in [0, 0.1) is 0 Å². The van der Waals surface area contributed by atoms with Crippen molar-refractivity contribution in [1.29, 1.82) is 0 Å². The zero-order valence-corrected chi connectivity index (χ0v) is 12.8. The van der Waals surface area contributed by atoms with Gasteiger partial charge in [-0.2, -0.15) is 0 Å². The van der Waals surface area contributed by atoms with Gasteiger partial charge in [-0.3, -0.25) is 4.90 Å². The Morgan fingerprint density at radius 3 is 2.50 bits per heavy atom. The van der Waals surface area contributed by atoms with Gasteiger partial charge < -0.3 is 15.2 Å². The van der Waals surface area contributed by atoms with Crippen molar-refractivity contribution in [2.45, 2.75) is 51.6 Å². The van der Waals surface area contributed by atoms with Crippen molar-refractivity contribution < 1.29 is 9.84 Å². The summed E-state index contributed by atoms with van der Waals surface area (Å²) < 4.78 is 5.20. The maximum Gasteiger partial charge on any atom is 0.0615 e. The molecule has 0 bridgehead atoms. The smallest absolute Gasteiger partial charge is 0.0615 e. The highest BCUT2D eigenvalue weighted by Crippen LogP contribution is 2.13. The molecule has 0 rings (SSSR count). The summed E-state index contributed by atoms with van der Waals surface area (Å²) in [6.07, 6.45) is 3.31. The first-order chi connectivity index (χ1) is 8.52. The van der Waals surface area contributed by atoms with Crippen LogP contribution in [0.25, 0.3) is 0 Å². The number of nitrogens with zero attached hydrogens (tertiary/aromatic N) is 1. The highest BCUT2D eigenvalue weighted by atomic mass is 16.5. The van der Waals surface area contributed by atoms with Gasteiger partial charge in [-0.05, 0) is 46.8 Å². The molecule has 0 aromatic heterocycles. The van der Waals surface area contributed by atoms with Crippen molar-refractivity contribution in [1.82, 2.24) is 10.2 Å². The van der Waals surface area contributed by atoms with Crippen LogP contribution in [-0.2, 0) is 4.74 Å². The van der Waals surface area contributed by atoms with Crippen molar-refractivity contribution in [2.75, 3.05) is 40.5 Å². The van der Waals surface area contributed by atoms with Crippen molar-refractivity contribution in [3.63, 3.8) is 0 Å².